The fourth-order valence-electron chi connectivity index (χ4n) is 1.28. The highest BCUT2D eigenvalue weighted by molar-refractivity contribution is 7.13. The summed E-state index contributed by atoms with van der Waals surface area (Å²) in [5, 5.41) is 0.469. The Morgan fingerprint density at radius 3 is 2.82 bits per heavy atom. The Bertz CT molecular complexity index is 411. The van der Waals surface area contributed by atoms with Crippen LogP contribution in [-0.2, 0) is 0 Å². The van der Waals surface area contributed by atoms with Gasteiger partial charge in [0.15, 0.2) is 11.0 Å². The Kier molecular flexibility index (Phi) is 5.05. The lowest BCUT2D eigenvalue weighted by molar-refractivity contribution is 0.0956. The second kappa shape index (κ2) is 6.31. The van der Waals surface area contributed by atoms with Gasteiger partial charge >= 0.3 is 0 Å². The summed E-state index contributed by atoms with van der Waals surface area (Å²) >= 11 is 1.36. The first kappa shape index (κ1) is 13.6. The number of rotatable bonds is 6. The number of nitrogens with zero attached hydrogens (tertiary/aromatic N) is 2. The second-order valence-corrected chi connectivity index (χ2v) is 4.93. The Morgan fingerprint density at radius 1 is 1.59 bits per heavy atom. The molecule has 0 amide bonds. The van der Waals surface area contributed by atoms with Gasteiger partial charge in [-0.2, -0.15) is 0 Å². The molecule has 0 aliphatic heterocycles. The topological polar surface area (TPSA) is 120 Å². The molecule has 7 heteroatoms. The number of hydrogen-bond acceptors (Lipinski definition) is 5. The third kappa shape index (κ3) is 4.49. The maximum atomic E-state index is 11.8. The summed E-state index contributed by atoms with van der Waals surface area (Å²) in [4.78, 5) is 20.7. The van der Waals surface area contributed by atoms with Gasteiger partial charge < -0.3 is 17.2 Å². The molecule has 0 aliphatic rings. The lowest BCUT2D eigenvalue weighted by Crippen LogP contribution is -2.30. The van der Waals surface area contributed by atoms with Crippen molar-refractivity contribution >= 4 is 23.1 Å². The van der Waals surface area contributed by atoms with Crippen molar-refractivity contribution in [3.63, 3.8) is 0 Å². The van der Waals surface area contributed by atoms with Crippen LogP contribution in [0.2, 0.25) is 0 Å². The molecule has 1 rings (SSSR count). The van der Waals surface area contributed by atoms with Crippen LogP contribution < -0.4 is 17.2 Å². The minimum atomic E-state index is -0.533. The van der Waals surface area contributed by atoms with Crippen LogP contribution in [0, 0.1) is 6.92 Å². The van der Waals surface area contributed by atoms with Crippen LogP contribution in [-0.4, -0.2) is 29.3 Å². The highest BCUT2D eigenvalue weighted by atomic mass is 32.1. The number of aromatic nitrogens is 1. The average Bonchev–Trinajstić information content (AvgIpc) is 2.69. The fourth-order valence-corrected chi connectivity index (χ4v) is 2.05. The summed E-state index contributed by atoms with van der Waals surface area (Å²) in [5.74, 6) is -0.0618. The zero-order valence-electron chi connectivity index (χ0n) is 9.72. The first-order chi connectivity index (χ1) is 8.00. The standard InChI is InChI=1S/C10H17N5OS/c1-6-5-15-9(17-6)8(16)7(11)3-2-4-14-10(12)13/h5,7H,2-4,11H2,1H3,(H4,12,13,14). The number of carbonyl (C=O) groups excluding carboxylic acids is 1. The van der Waals surface area contributed by atoms with Crippen LogP contribution in [0.1, 0.15) is 27.5 Å². The van der Waals surface area contributed by atoms with Gasteiger partial charge in [-0.25, -0.2) is 4.98 Å². The fraction of sp³-hybridized carbons (Fsp3) is 0.500. The van der Waals surface area contributed by atoms with Gasteiger partial charge in [0.25, 0.3) is 0 Å². The summed E-state index contributed by atoms with van der Waals surface area (Å²) in [6, 6.07) is -0.533. The number of guanidine groups is 1. The first-order valence-electron chi connectivity index (χ1n) is 5.28. The van der Waals surface area contributed by atoms with E-state index in [9.17, 15) is 4.79 Å². The van der Waals surface area contributed by atoms with E-state index in [4.69, 9.17) is 17.2 Å². The minimum Gasteiger partial charge on any atom is -0.370 e. The van der Waals surface area contributed by atoms with E-state index in [1.54, 1.807) is 6.20 Å². The van der Waals surface area contributed by atoms with Crippen LogP contribution >= 0.6 is 11.3 Å². The molecule has 1 aromatic rings. The molecule has 6 N–H and O–H groups in total. The van der Waals surface area contributed by atoms with Crippen molar-refractivity contribution in [3.8, 4) is 0 Å². The van der Waals surface area contributed by atoms with Crippen molar-refractivity contribution in [3.05, 3.63) is 16.1 Å². The van der Waals surface area contributed by atoms with Crippen molar-refractivity contribution in [2.75, 3.05) is 6.54 Å². The van der Waals surface area contributed by atoms with Crippen LogP contribution in [0.5, 0.6) is 0 Å². The van der Waals surface area contributed by atoms with Crippen molar-refractivity contribution in [1.82, 2.24) is 4.98 Å². The molecule has 17 heavy (non-hydrogen) atoms. The molecule has 0 spiro atoms. The molecule has 0 bridgehead atoms. The van der Waals surface area contributed by atoms with Crippen molar-refractivity contribution in [1.29, 1.82) is 0 Å². The smallest absolute Gasteiger partial charge is 0.207 e. The summed E-state index contributed by atoms with van der Waals surface area (Å²) in [5.41, 5.74) is 16.1. The summed E-state index contributed by atoms with van der Waals surface area (Å²) in [6.45, 7) is 2.39. The molecule has 6 nitrogen and oxygen atoms in total. The molecule has 0 saturated heterocycles. The third-order valence-corrected chi connectivity index (χ3v) is 3.06. The van der Waals surface area contributed by atoms with Gasteiger partial charge in [-0.15, -0.1) is 11.3 Å². The molecule has 0 radical (unpaired) electrons. The van der Waals surface area contributed by atoms with E-state index in [-0.39, 0.29) is 11.7 Å². The second-order valence-electron chi connectivity index (χ2n) is 3.70. The number of aryl methyl sites for hydroxylation is 1. The average molecular weight is 255 g/mol. The normalized spacial score (nSPS) is 12.1. The van der Waals surface area contributed by atoms with Crippen LogP contribution in [0.25, 0.3) is 0 Å². The van der Waals surface area contributed by atoms with Crippen molar-refractivity contribution < 1.29 is 4.79 Å². The third-order valence-electron chi connectivity index (χ3n) is 2.14. The summed E-state index contributed by atoms with van der Waals surface area (Å²) < 4.78 is 0. The van der Waals surface area contributed by atoms with E-state index in [1.807, 2.05) is 6.92 Å². The Balaban J connectivity index is 2.40. The highest BCUT2D eigenvalue weighted by Gasteiger charge is 2.18. The quantitative estimate of drug-likeness (QED) is 0.286. The van der Waals surface area contributed by atoms with Gasteiger partial charge in [-0.3, -0.25) is 9.79 Å². The van der Waals surface area contributed by atoms with Gasteiger partial charge in [0, 0.05) is 17.6 Å². The van der Waals surface area contributed by atoms with Crippen LogP contribution in [0.4, 0.5) is 0 Å². The number of ketones is 1. The largest absolute Gasteiger partial charge is 0.370 e. The van der Waals surface area contributed by atoms with Gasteiger partial charge in [0.05, 0.1) is 6.04 Å². The Hall–Kier alpha value is -1.47. The van der Waals surface area contributed by atoms with E-state index in [0.29, 0.717) is 24.4 Å². The number of hydrogen-bond donors (Lipinski definition) is 3. The minimum absolute atomic E-state index is 0.0560. The molecule has 0 aliphatic carbocycles. The SMILES string of the molecule is Cc1cnc(C(=O)C(N)CCCN=C(N)N)s1. The van der Waals surface area contributed by atoms with E-state index in [2.05, 4.69) is 9.98 Å². The van der Waals surface area contributed by atoms with Crippen LogP contribution in [0.15, 0.2) is 11.2 Å². The lowest BCUT2D eigenvalue weighted by Gasteiger charge is -2.07. The molecule has 1 heterocycles. The van der Waals surface area contributed by atoms with Crippen molar-refractivity contribution in [2.45, 2.75) is 25.8 Å². The van der Waals surface area contributed by atoms with Gasteiger partial charge in [0.2, 0.25) is 5.78 Å². The molecule has 1 unspecified atom stereocenters. The first-order valence-corrected chi connectivity index (χ1v) is 6.10. The Morgan fingerprint density at radius 2 is 2.29 bits per heavy atom. The summed E-state index contributed by atoms with van der Waals surface area (Å²) in [6.07, 6.45) is 2.90. The van der Waals surface area contributed by atoms with Crippen LogP contribution in [0.3, 0.4) is 0 Å². The Labute approximate surface area is 104 Å². The lowest BCUT2D eigenvalue weighted by atomic mass is 10.1. The number of Topliss-reactive ketones (excluding diaryl/α,β-unsaturated/α-hetero) is 1. The van der Waals surface area contributed by atoms with Gasteiger partial charge in [-0.1, -0.05) is 0 Å². The molecule has 1 atom stereocenters. The monoisotopic (exact) mass is 255 g/mol. The van der Waals surface area contributed by atoms with E-state index >= 15 is 0 Å². The van der Waals surface area contributed by atoms with E-state index < -0.39 is 6.04 Å². The molecule has 0 saturated carbocycles. The number of aliphatic imine (C=N–C) groups is 1. The predicted molar refractivity (Wildman–Crippen MR) is 69.1 cm³/mol. The van der Waals surface area contributed by atoms with E-state index in [1.165, 1.54) is 11.3 Å². The predicted octanol–water partition coefficient (Wildman–Crippen LogP) is 0.0151. The molecule has 0 fully saturated rings. The maximum Gasteiger partial charge on any atom is 0.207 e. The number of nitrogens with two attached hydrogens (primary N) is 3. The van der Waals surface area contributed by atoms with Gasteiger partial charge in [0.1, 0.15) is 0 Å². The molecular weight excluding hydrogens is 238 g/mol. The van der Waals surface area contributed by atoms with Crippen molar-refractivity contribution in [2.24, 2.45) is 22.2 Å². The molecular formula is C10H17N5OS. The molecule has 1 aromatic heterocycles. The highest BCUT2D eigenvalue weighted by Crippen LogP contribution is 2.14. The zero-order chi connectivity index (χ0) is 12.8. The molecule has 0 aromatic carbocycles. The number of thiazole rings is 1. The number of carbonyl (C=O) groups is 1. The summed E-state index contributed by atoms with van der Waals surface area (Å²) in [7, 11) is 0. The maximum absolute atomic E-state index is 11.8. The van der Waals surface area contributed by atoms with E-state index in [0.717, 1.165) is 4.88 Å². The van der Waals surface area contributed by atoms with Gasteiger partial charge in [-0.05, 0) is 19.8 Å². The zero-order valence-corrected chi connectivity index (χ0v) is 10.5. The molecule has 94 valence electrons.